The molecule has 28 heavy (non-hydrogen) atoms. The van der Waals surface area contributed by atoms with Gasteiger partial charge in [0.25, 0.3) is 11.8 Å². The second kappa shape index (κ2) is 7.70. The van der Waals surface area contributed by atoms with Crippen molar-refractivity contribution in [3.8, 4) is 5.75 Å². The van der Waals surface area contributed by atoms with Crippen LogP contribution in [0.15, 0.2) is 54.1 Å². The van der Waals surface area contributed by atoms with Gasteiger partial charge < -0.3 is 9.84 Å². The Morgan fingerprint density at radius 2 is 1.79 bits per heavy atom. The van der Waals surface area contributed by atoms with E-state index in [2.05, 4.69) is 0 Å². The van der Waals surface area contributed by atoms with Gasteiger partial charge in [-0.15, -0.1) is 0 Å². The number of hydrogen-bond acceptors (Lipinski definition) is 5. The topological polar surface area (TPSA) is 113 Å². The number of amides is 4. The molecule has 142 valence electrons. The molecule has 1 fully saturated rings. The molecule has 1 saturated heterocycles. The molecule has 3 rings (SSSR count). The fourth-order valence-electron chi connectivity index (χ4n) is 2.51. The molecule has 1 aliphatic rings. The zero-order valence-electron chi connectivity index (χ0n) is 14.2. The third-order valence-electron chi connectivity index (χ3n) is 3.76. The van der Waals surface area contributed by atoms with Crippen LogP contribution < -0.4 is 15.0 Å². The lowest BCUT2D eigenvalue weighted by molar-refractivity contribution is -0.139. The number of carboxylic acid groups (broad SMARTS) is 1. The third kappa shape index (κ3) is 3.88. The minimum absolute atomic E-state index is 0.0812. The highest BCUT2D eigenvalue weighted by Gasteiger charge is 2.36. The number of benzene rings is 2. The fraction of sp³-hybridized carbons (Fsp3) is 0.0526. The number of aliphatic carboxylic acids is 1. The quantitative estimate of drug-likeness (QED) is 0.602. The van der Waals surface area contributed by atoms with Crippen molar-refractivity contribution in [3.63, 3.8) is 0 Å². The highest BCUT2D eigenvalue weighted by molar-refractivity contribution is 6.39. The summed E-state index contributed by atoms with van der Waals surface area (Å²) in [4.78, 5) is 48.5. The predicted molar refractivity (Wildman–Crippen MR) is 95.0 cm³/mol. The summed E-state index contributed by atoms with van der Waals surface area (Å²) in [5, 5.41) is 10.8. The molecule has 0 bridgehead atoms. The predicted octanol–water partition coefficient (Wildman–Crippen LogP) is 1.96. The van der Waals surface area contributed by atoms with Crippen LogP contribution in [0.4, 0.5) is 14.9 Å². The van der Waals surface area contributed by atoms with Crippen molar-refractivity contribution in [1.82, 2.24) is 5.32 Å². The molecule has 0 aliphatic carbocycles. The van der Waals surface area contributed by atoms with Gasteiger partial charge in [-0.2, -0.15) is 0 Å². The number of anilines is 1. The summed E-state index contributed by atoms with van der Waals surface area (Å²) in [7, 11) is 0. The van der Waals surface area contributed by atoms with Crippen LogP contribution in [0, 0.1) is 5.82 Å². The van der Waals surface area contributed by atoms with Gasteiger partial charge in [-0.05, 0) is 36.4 Å². The van der Waals surface area contributed by atoms with E-state index in [1.165, 1.54) is 30.3 Å². The van der Waals surface area contributed by atoms with Crippen LogP contribution in [0.25, 0.3) is 6.08 Å². The van der Waals surface area contributed by atoms with E-state index < -0.39 is 36.2 Å². The first kappa shape index (κ1) is 18.8. The van der Waals surface area contributed by atoms with E-state index in [4.69, 9.17) is 9.84 Å². The van der Waals surface area contributed by atoms with Crippen LogP contribution in [-0.2, 0) is 14.4 Å². The number of imide groups is 2. The molecule has 0 spiro atoms. The number of hydrogen-bond donors (Lipinski definition) is 2. The minimum Gasteiger partial charge on any atom is -0.481 e. The normalized spacial score (nSPS) is 15.5. The number of nitrogens with zero attached hydrogens (tertiary/aromatic N) is 1. The van der Waals surface area contributed by atoms with Gasteiger partial charge >= 0.3 is 12.0 Å². The maximum Gasteiger partial charge on any atom is 0.341 e. The summed E-state index contributed by atoms with van der Waals surface area (Å²) in [6.07, 6.45) is 1.19. The molecule has 0 radical (unpaired) electrons. The van der Waals surface area contributed by atoms with Crippen LogP contribution in [0.1, 0.15) is 5.56 Å². The van der Waals surface area contributed by atoms with Gasteiger partial charge in [-0.1, -0.05) is 18.2 Å². The largest absolute Gasteiger partial charge is 0.481 e. The summed E-state index contributed by atoms with van der Waals surface area (Å²) >= 11 is 0. The Morgan fingerprint density at radius 3 is 2.46 bits per heavy atom. The van der Waals surface area contributed by atoms with Crippen LogP contribution in [0.5, 0.6) is 5.75 Å². The second-order valence-electron chi connectivity index (χ2n) is 5.65. The van der Waals surface area contributed by atoms with E-state index in [0.717, 1.165) is 12.1 Å². The second-order valence-corrected chi connectivity index (χ2v) is 5.65. The fourth-order valence-corrected chi connectivity index (χ4v) is 2.51. The number of para-hydroxylation sites is 1. The minimum atomic E-state index is -1.19. The van der Waals surface area contributed by atoms with Crippen molar-refractivity contribution in [2.45, 2.75) is 0 Å². The molecule has 2 aromatic rings. The zero-order valence-corrected chi connectivity index (χ0v) is 14.2. The molecule has 0 unspecified atom stereocenters. The first-order chi connectivity index (χ1) is 13.4. The van der Waals surface area contributed by atoms with Crippen molar-refractivity contribution in [2.75, 3.05) is 11.5 Å². The molecule has 4 amide bonds. The van der Waals surface area contributed by atoms with Gasteiger partial charge in [-0.25, -0.2) is 18.9 Å². The average Bonchev–Trinajstić information content (AvgIpc) is 2.65. The van der Waals surface area contributed by atoms with Gasteiger partial charge in [0, 0.05) is 5.56 Å². The molecule has 8 nitrogen and oxygen atoms in total. The molecule has 9 heteroatoms. The smallest absolute Gasteiger partial charge is 0.341 e. The standard InChI is InChI=1S/C19H13FN2O6/c20-12-5-7-13(8-6-12)22-18(26)14(17(25)21-19(22)27)9-11-3-1-2-4-15(11)28-10-16(23)24/h1-9H,10H2,(H,23,24)(H,21,25,27)/b14-9+. The number of carboxylic acids is 1. The van der Waals surface area contributed by atoms with E-state index in [9.17, 15) is 23.6 Å². The van der Waals surface area contributed by atoms with Crippen molar-refractivity contribution >= 4 is 35.6 Å². The average molecular weight is 384 g/mol. The Morgan fingerprint density at radius 1 is 1.11 bits per heavy atom. The summed E-state index contributed by atoms with van der Waals surface area (Å²) in [5.74, 6) is -3.43. The number of carbonyl (C=O) groups excluding carboxylic acids is 3. The number of ether oxygens (including phenoxy) is 1. The number of rotatable bonds is 5. The van der Waals surface area contributed by atoms with Crippen LogP contribution in [0.2, 0.25) is 0 Å². The van der Waals surface area contributed by atoms with Gasteiger partial charge in [-0.3, -0.25) is 14.9 Å². The van der Waals surface area contributed by atoms with E-state index in [-0.39, 0.29) is 22.6 Å². The Bertz CT molecular complexity index is 1000. The van der Waals surface area contributed by atoms with Crippen molar-refractivity contribution in [2.24, 2.45) is 0 Å². The van der Waals surface area contributed by atoms with Crippen LogP contribution >= 0.6 is 0 Å². The monoisotopic (exact) mass is 384 g/mol. The first-order valence-electron chi connectivity index (χ1n) is 7.97. The number of carbonyl (C=O) groups is 4. The molecule has 2 aromatic carbocycles. The molecular formula is C19H13FN2O6. The summed E-state index contributed by atoms with van der Waals surface area (Å²) in [5.41, 5.74) is -0.0105. The maximum atomic E-state index is 13.1. The van der Waals surface area contributed by atoms with Crippen molar-refractivity contribution in [1.29, 1.82) is 0 Å². The number of urea groups is 1. The van der Waals surface area contributed by atoms with E-state index in [0.29, 0.717) is 4.90 Å². The Hall–Kier alpha value is -4.01. The Kier molecular flexibility index (Phi) is 5.16. The van der Waals surface area contributed by atoms with Crippen LogP contribution in [-0.4, -0.2) is 35.5 Å². The summed E-state index contributed by atoms with van der Waals surface area (Å²) in [6.45, 7) is -0.611. The summed E-state index contributed by atoms with van der Waals surface area (Å²) < 4.78 is 18.3. The zero-order chi connectivity index (χ0) is 20.3. The van der Waals surface area contributed by atoms with E-state index in [1.54, 1.807) is 12.1 Å². The highest BCUT2D eigenvalue weighted by Crippen LogP contribution is 2.25. The molecule has 0 aromatic heterocycles. The number of nitrogens with one attached hydrogen (secondary N) is 1. The first-order valence-corrected chi connectivity index (χ1v) is 7.97. The maximum absolute atomic E-state index is 13.1. The van der Waals surface area contributed by atoms with Crippen LogP contribution in [0.3, 0.4) is 0 Å². The lowest BCUT2D eigenvalue weighted by Gasteiger charge is -2.26. The molecule has 0 saturated carbocycles. The molecule has 1 heterocycles. The SMILES string of the molecule is O=C(O)COc1ccccc1/C=C1\C(=O)NC(=O)N(c2ccc(F)cc2)C1=O. The molecule has 1 aliphatic heterocycles. The van der Waals surface area contributed by atoms with E-state index in [1.807, 2.05) is 5.32 Å². The summed E-state index contributed by atoms with van der Waals surface area (Å²) in [6, 6.07) is 9.83. The van der Waals surface area contributed by atoms with Crippen molar-refractivity contribution < 1.29 is 33.4 Å². The molecule has 0 atom stereocenters. The third-order valence-corrected chi connectivity index (χ3v) is 3.76. The van der Waals surface area contributed by atoms with Gasteiger partial charge in [0.1, 0.15) is 17.1 Å². The lowest BCUT2D eigenvalue weighted by atomic mass is 10.1. The number of barbiturate groups is 1. The Labute approximate surface area is 157 Å². The van der Waals surface area contributed by atoms with Gasteiger partial charge in [0.05, 0.1) is 5.69 Å². The van der Waals surface area contributed by atoms with E-state index >= 15 is 0 Å². The molecule has 2 N–H and O–H groups in total. The van der Waals surface area contributed by atoms with Gasteiger partial charge in [0.15, 0.2) is 6.61 Å². The molecular weight excluding hydrogens is 371 g/mol. The van der Waals surface area contributed by atoms with Gasteiger partial charge in [0.2, 0.25) is 0 Å². The van der Waals surface area contributed by atoms with Crippen molar-refractivity contribution in [3.05, 3.63) is 65.5 Å². The highest BCUT2D eigenvalue weighted by atomic mass is 19.1. The lowest BCUT2D eigenvalue weighted by Crippen LogP contribution is -2.54. The number of halogens is 1. The Balaban J connectivity index is 1.98.